The molecule has 0 aliphatic rings. The third-order valence-electron chi connectivity index (χ3n) is 1.54. The molecule has 0 amide bonds. The third kappa shape index (κ3) is 5.07. The summed E-state index contributed by atoms with van der Waals surface area (Å²) in [5, 5.41) is 17.2. The van der Waals surface area contributed by atoms with Crippen LogP contribution in [0.3, 0.4) is 0 Å². The number of aliphatic carboxylic acids is 1. The van der Waals surface area contributed by atoms with Crippen molar-refractivity contribution >= 4 is 27.5 Å². The summed E-state index contributed by atoms with van der Waals surface area (Å²) in [7, 11) is 0. The standard InChI is InChI=1S/C10H6BrNO2.K.H/c11-9-3-1-7(2-4-9)8(6-12)5-10(13)14;;/h1-5H,(H,13,14);;/q;+1;-1. The van der Waals surface area contributed by atoms with Crippen LogP contribution in [0.2, 0.25) is 0 Å². The number of nitriles is 1. The van der Waals surface area contributed by atoms with Crippen LogP contribution in [0.25, 0.3) is 5.57 Å². The van der Waals surface area contributed by atoms with E-state index < -0.39 is 5.97 Å². The van der Waals surface area contributed by atoms with Crippen LogP contribution < -0.4 is 51.4 Å². The fourth-order valence-corrected chi connectivity index (χ4v) is 1.20. The van der Waals surface area contributed by atoms with Gasteiger partial charge in [-0.1, -0.05) is 28.1 Å². The van der Waals surface area contributed by atoms with Crippen LogP contribution in [-0.2, 0) is 4.79 Å². The second-order valence-electron chi connectivity index (χ2n) is 2.51. The summed E-state index contributed by atoms with van der Waals surface area (Å²) in [6.07, 6.45) is 0.892. The number of rotatable bonds is 2. The van der Waals surface area contributed by atoms with Crippen LogP contribution in [0.5, 0.6) is 0 Å². The first-order valence-electron chi connectivity index (χ1n) is 3.74. The predicted octanol–water partition coefficient (Wildman–Crippen LogP) is -0.443. The minimum Gasteiger partial charge on any atom is -1.00 e. The van der Waals surface area contributed by atoms with Gasteiger partial charge in [-0.25, -0.2) is 4.79 Å². The van der Waals surface area contributed by atoms with Gasteiger partial charge in [-0.15, -0.1) is 0 Å². The molecule has 1 N–H and O–H groups in total. The summed E-state index contributed by atoms with van der Waals surface area (Å²) in [5.41, 5.74) is 0.739. The van der Waals surface area contributed by atoms with E-state index in [4.69, 9.17) is 10.4 Å². The molecule has 0 atom stereocenters. The van der Waals surface area contributed by atoms with Crippen molar-refractivity contribution in [1.29, 1.82) is 5.26 Å². The number of benzene rings is 1. The normalized spacial score (nSPS) is 10.0. The molecule has 72 valence electrons. The second kappa shape index (κ2) is 7.33. The zero-order valence-electron chi connectivity index (χ0n) is 9.07. The van der Waals surface area contributed by atoms with Gasteiger partial charge in [0.15, 0.2) is 0 Å². The Kier molecular flexibility index (Phi) is 7.35. The van der Waals surface area contributed by atoms with Gasteiger partial charge in [0.2, 0.25) is 0 Å². The zero-order valence-corrected chi connectivity index (χ0v) is 12.8. The summed E-state index contributed by atoms with van der Waals surface area (Å²) in [5.74, 6) is -1.12. The van der Waals surface area contributed by atoms with Gasteiger partial charge in [0.25, 0.3) is 0 Å². The van der Waals surface area contributed by atoms with E-state index in [1.807, 2.05) is 6.07 Å². The molecule has 0 bridgehead atoms. The van der Waals surface area contributed by atoms with Gasteiger partial charge < -0.3 is 6.53 Å². The summed E-state index contributed by atoms with van der Waals surface area (Å²) in [6, 6.07) is 8.70. The van der Waals surface area contributed by atoms with E-state index in [1.165, 1.54) is 0 Å². The SMILES string of the molecule is N#CC(=CC(=O)O)c1ccc(Br)cc1.[H-].[K+]. The largest absolute Gasteiger partial charge is 1.00 e. The number of carboxylic acids is 1. The first-order valence-corrected chi connectivity index (χ1v) is 4.53. The van der Waals surface area contributed by atoms with Gasteiger partial charge in [-0.3, -0.25) is 0 Å². The van der Waals surface area contributed by atoms with Crippen LogP contribution in [-0.4, -0.2) is 11.1 Å². The number of carboxylic acid groups (broad SMARTS) is 1. The molecule has 0 aromatic heterocycles. The maximum Gasteiger partial charge on any atom is 1.00 e. The quantitative estimate of drug-likeness (QED) is 0.456. The molecule has 5 heteroatoms. The van der Waals surface area contributed by atoms with Crippen molar-refractivity contribution in [3.8, 4) is 6.07 Å². The maximum atomic E-state index is 10.4. The van der Waals surface area contributed by atoms with Crippen LogP contribution in [0.4, 0.5) is 0 Å². The molecule has 15 heavy (non-hydrogen) atoms. The Hall–Kier alpha value is 0.0364. The Morgan fingerprint density at radius 1 is 1.47 bits per heavy atom. The van der Waals surface area contributed by atoms with Crippen molar-refractivity contribution in [3.05, 3.63) is 40.4 Å². The molecule has 0 heterocycles. The van der Waals surface area contributed by atoms with E-state index in [-0.39, 0.29) is 58.4 Å². The number of allylic oxidation sites excluding steroid dienone is 1. The molecule has 1 aromatic rings. The Labute approximate surface area is 140 Å². The number of hydrogen-bond acceptors (Lipinski definition) is 2. The van der Waals surface area contributed by atoms with Crippen molar-refractivity contribution < 1.29 is 62.7 Å². The number of carbonyl (C=O) groups is 1. The predicted molar refractivity (Wildman–Crippen MR) is 56.5 cm³/mol. The van der Waals surface area contributed by atoms with E-state index in [9.17, 15) is 4.79 Å². The molecule has 0 saturated heterocycles. The number of nitrogens with zero attached hydrogens (tertiary/aromatic N) is 1. The summed E-state index contributed by atoms with van der Waals surface area (Å²) < 4.78 is 0.883. The average Bonchev–Trinajstić information content (AvgIpc) is 2.15. The van der Waals surface area contributed by atoms with E-state index in [0.717, 1.165) is 10.5 Å². The molecule has 0 fully saturated rings. The van der Waals surface area contributed by atoms with Gasteiger partial charge in [0.05, 0.1) is 5.57 Å². The van der Waals surface area contributed by atoms with Crippen LogP contribution in [0.15, 0.2) is 34.8 Å². The van der Waals surface area contributed by atoms with Crippen molar-refractivity contribution in [3.63, 3.8) is 0 Å². The molecular weight excluding hydrogens is 285 g/mol. The Morgan fingerprint density at radius 2 is 2.00 bits per heavy atom. The van der Waals surface area contributed by atoms with Crippen molar-refractivity contribution in [1.82, 2.24) is 0 Å². The summed E-state index contributed by atoms with van der Waals surface area (Å²) in [6.45, 7) is 0. The van der Waals surface area contributed by atoms with E-state index in [2.05, 4.69) is 15.9 Å². The smallest absolute Gasteiger partial charge is 1.00 e. The first kappa shape index (κ1) is 15.0. The Bertz CT molecular complexity index is 425. The fourth-order valence-electron chi connectivity index (χ4n) is 0.933. The molecule has 0 spiro atoms. The van der Waals surface area contributed by atoms with E-state index in [1.54, 1.807) is 24.3 Å². The number of hydrogen-bond donors (Lipinski definition) is 1. The summed E-state index contributed by atoms with van der Waals surface area (Å²) in [4.78, 5) is 10.4. The van der Waals surface area contributed by atoms with Gasteiger partial charge in [0, 0.05) is 10.5 Å². The van der Waals surface area contributed by atoms with Gasteiger partial charge in [-0.05, 0) is 17.7 Å². The van der Waals surface area contributed by atoms with Gasteiger partial charge >= 0.3 is 57.4 Å². The third-order valence-corrected chi connectivity index (χ3v) is 2.07. The van der Waals surface area contributed by atoms with Crippen molar-refractivity contribution in [2.24, 2.45) is 0 Å². The molecule has 1 aromatic carbocycles. The van der Waals surface area contributed by atoms with Gasteiger partial charge in [-0.2, -0.15) is 5.26 Å². The Morgan fingerprint density at radius 3 is 2.40 bits per heavy atom. The molecule has 0 saturated carbocycles. The average molecular weight is 292 g/mol. The molecule has 0 radical (unpaired) electrons. The topological polar surface area (TPSA) is 61.1 Å². The summed E-state index contributed by atoms with van der Waals surface area (Å²) >= 11 is 3.25. The van der Waals surface area contributed by atoms with Crippen LogP contribution >= 0.6 is 15.9 Å². The zero-order chi connectivity index (χ0) is 10.6. The molecule has 3 nitrogen and oxygen atoms in total. The molecular formula is C10H7BrKNO2. The Balaban J connectivity index is 0. The number of halogens is 1. The fraction of sp³-hybridized carbons (Fsp3) is 0. The van der Waals surface area contributed by atoms with Crippen LogP contribution in [0.1, 0.15) is 6.99 Å². The first-order chi connectivity index (χ1) is 6.63. The van der Waals surface area contributed by atoms with Crippen molar-refractivity contribution in [2.45, 2.75) is 0 Å². The van der Waals surface area contributed by atoms with Crippen LogP contribution in [0, 0.1) is 11.3 Å². The minimum atomic E-state index is -1.12. The molecule has 0 aliphatic carbocycles. The van der Waals surface area contributed by atoms with Crippen molar-refractivity contribution in [2.75, 3.05) is 0 Å². The molecule has 0 unspecified atom stereocenters. The van der Waals surface area contributed by atoms with Gasteiger partial charge in [0.1, 0.15) is 6.07 Å². The second-order valence-corrected chi connectivity index (χ2v) is 3.43. The van der Waals surface area contributed by atoms with E-state index >= 15 is 0 Å². The van der Waals surface area contributed by atoms with E-state index in [0.29, 0.717) is 5.56 Å². The molecule has 1 rings (SSSR count). The molecule has 0 aliphatic heterocycles. The monoisotopic (exact) mass is 291 g/mol. The minimum absolute atomic E-state index is 0. The maximum absolute atomic E-state index is 10.4.